The smallest absolute Gasteiger partial charge is 0.230 e. The highest BCUT2D eigenvalue weighted by Gasteiger charge is 2.25. The highest BCUT2D eigenvalue weighted by Crippen LogP contribution is 2.27. The fourth-order valence-corrected chi connectivity index (χ4v) is 1.78. The van der Waals surface area contributed by atoms with Crippen molar-refractivity contribution in [3.8, 4) is 5.75 Å². The zero-order chi connectivity index (χ0) is 11.5. The molecule has 0 aromatic heterocycles. The summed E-state index contributed by atoms with van der Waals surface area (Å²) in [5.41, 5.74) is 0.747. The average Bonchev–Trinajstić information content (AvgIpc) is 2.18. The quantitative estimate of drug-likeness (QED) is 0.887. The third-order valence-electron chi connectivity index (χ3n) is 2.58. The number of amides is 1. The van der Waals surface area contributed by atoms with Crippen LogP contribution in [-0.4, -0.2) is 26.1 Å². The second-order valence-corrected chi connectivity index (χ2v) is 4.54. The lowest BCUT2D eigenvalue weighted by molar-refractivity contribution is -0.121. The van der Waals surface area contributed by atoms with Crippen LogP contribution in [0.3, 0.4) is 0 Å². The molecule has 1 aromatic carbocycles. The second kappa shape index (κ2) is 4.84. The molecule has 16 heavy (non-hydrogen) atoms. The van der Waals surface area contributed by atoms with E-state index in [1.807, 2.05) is 12.1 Å². The number of carbonyl (C=O) groups excluding carboxylic acids is 1. The summed E-state index contributed by atoms with van der Waals surface area (Å²) in [5.74, 6) is 0.857. The molecule has 0 saturated carbocycles. The number of carbonyl (C=O) groups is 1. The molecule has 86 valence electrons. The summed E-state index contributed by atoms with van der Waals surface area (Å²) in [6, 6.07) is 5.49. The molecule has 1 heterocycles. The van der Waals surface area contributed by atoms with Crippen LogP contribution in [0, 0.1) is 5.92 Å². The molecule has 2 N–H and O–H groups in total. The van der Waals surface area contributed by atoms with Gasteiger partial charge in [-0.05, 0) is 28.1 Å². The molecule has 5 heteroatoms. The minimum absolute atomic E-state index is 0.0488. The van der Waals surface area contributed by atoms with Gasteiger partial charge in [-0.2, -0.15) is 0 Å². The van der Waals surface area contributed by atoms with Gasteiger partial charge in [0.1, 0.15) is 5.75 Å². The van der Waals surface area contributed by atoms with E-state index in [1.54, 1.807) is 13.2 Å². The molecule has 1 saturated heterocycles. The van der Waals surface area contributed by atoms with Gasteiger partial charge < -0.3 is 15.4 Å². The fourth-order valence-electron chi connectivity index (χ4n) is 1.44. The van der Waals surface area contributed by atoms with Crippen molar-refractivity contribution in [2.75, 3.05) is 25.5 Å². The predicted octanol–water partition coefficient (Wildman–Crippen LogP) is 1.62. The monoisotopic (exact) mass is 284 g/mol. The van der Waals surface area contributed by atoms with Gasteiger partial charge in [-0.1, -0.05) is 0 Å². The lowest BCUT2D eigenvalue weighted by atomic mass is 10.0. The molecule has 1 amide bonds. The molecule has 0 bridgehead atoms. The van der Waals surface area contributed by atoms with Crippen molar-refractivity contribution in [2.24, 2.45) is 5.92 Å². The molecular formula is C11H13BrN2O2. The Hall–Kier alpha value is -1.07. The molecule has 0 radical (unpaired) electrons. The van der Waals surface area contributed by atoms with E-state index >= 15 is 0 Å². The molecule has 1 aromatic rings. The van der Waals surface area contributed by atoms with Gasteiger partial charge >= 0.3 is 0 Å². The number of halogens is 1. The first-order chi connectivity index (χ1) is 7.70. The van der Waals surface area contributed by atoms with Crippen molar-refractivity contribution < 1.29 is 9.53 Å². The standard InChI is InChI=1S/C11H13BrN2O2/c1-16-8-2-3-9(12)10(4-8)14-11(15)7-5-13-6-7/h2-4,7,13H,5-6H2,1H3,(H,14,15). The minimum atomic E-state index is 0.0488. The van der Waals surface area contributed by atoms with E-state index in [4.69, 9.17) is 4.74 Å². The maximum atomic E-state index is 11.7. The number of nitrogens with one attached hydrogen (secondary N) is 2. The SMILES string of the molecule is COc1ccc(Br)c(NC(=O)C2CNC2)c1. The largest absolute Gasteiger partial charge is 0.497 e. The highest BCUT2D eigenvalue weighted by molar-refractivity contribution is 9.10. The summed E-state index contributed by atoms with van der Waals surface area (Å²) < 4.78 is 5.96. The van der Waals surface area contributed by atoms with E-state index in [0.717, 1.165) is 29.0 Å². The first kappa shape index (κ1) is 11.4. The van der Waals surface area contributed by atoms with Gasteiger partial charge in [0.15, 0.2) is 0 Å². The predicted molar refractivity (Wildman–Crippen MR) is 65.7 cm³/mol. The Morgan fingerprint density at radius 1 is 1.56 bits per heavy atom. The molecule has 1 aliphatic heterocycles. The van der Waals surface area contributed by atoms with Gasteiger partial charge in [0.05, 0.1) is 18.7 Å². The first-order valence-electron chi connectivity index (χ1n) is 5.06. The van der Waals surface area contributed by atoms with Crippen LogP contribution < -0.4 is 15.4 Å². The van der Waals surface area contributed by atoms with Gasteiger partial charge in [-0.15, -0.1) is 0 Å². The van der Waals surface area contributed by atoms with Crippen molar-refractivity contribution in [2.45, 2.75) is 0 Å². The van der Waals surface area contributed by atoms with Crippen molar-refractivity contribution in [3.05, 3.63) is 22.7 Å². The Labute approximate surface area is 102 Å². The molecule has 1 fully saturated rings. The van der Waals surface area contributed by atoms with Crippen LogP contribution in [0.1, 0.15) is 0 Å². The number of benzene rings is 1. The second-order valence-electron chi connectivity index (χ2n) is 3.69. The molecule has 1 aliphatic rings. The van der Waals surface area contributed by atoms with E-state index in [9.17, 15) is 4.79 Å². The normalized spacial score (nSPS) is 15.4. The van der Waals surface area contributed by atoms with Gasteiger partial charge in [0, 0.05) is 23.6 Å². The van der Waals surface area contributed by atoms with Crippen molar-refractivity contribution >= 4 is 27.5 Å². The number of methoxy groups -OCH3 is 1. The van der Waals surface area contributed by atoms with Crippen LogP contribution in [0.25, 0.3) is 0 Å². The van der Waals surface area contributed by atoms with Crippen molar-refractivity contribution in [1.82, 2.24) is 5.32 Å². The first-order valence-corrected chi connectivity index (χ1v) is 5.85. The number of hydrogen-bond acceptors (Lipinski definition) is 3. The van der Waals surface area contributed by atoms with Gasteiger partial charge in [0.2, 0.25) is 5.91 Å². The van der Waals surface area contributed by atoms with Gasteiger partial charge in [-0.25, -0.2) is 0 Å². The van der Waals surface area contributed by atoms with Crippen LogP contribution >= 0.6 is 15.9 Å². The van der Waals surface area contributed by atoms with Crippen LogP contribution in [0.15, 0.2) is 22.7 Å². The lowest BCUT2D eigenvalue weighted by Crippen LogP contribution is -2.48. The van der Waals surface area contributed by atoms with Crippen LogP contribution in [-0.2, 0) is 4.79 Å². The zero-order valence-electron chi connectivity index (χ0n) is 8.92. The number of anilines is 1. The molecule has 0 aliphatic carbocycles. The van der Waals surface area contributed by atoms with Gasteiger partial charge in [-0.3, -0.25) is 4.79 Å². The van der Waals surface area contributed by atoms with E-state index in [0.29, 0.717) is 0 Å². The highest BCUT2D eigenvalue weighted by atomic mass is 79.9. The van der Waals surface area contributed by atoms with E-state index in [2.05, 4.69) is 26.6 Å². The molecule has 0 unspecified atom stereocenters. The summed E-state index contributed by atoms with van der Waals surface area (Å²) in [5, 5.41) is 5.95. The van der Waals surface area contributed by atoms with E-state index in [-0.39, 0.29) is 11.8 Å². The average molecular weight is 285 g/mol. The summed E-state index contributed by atoms with van der Waals surface area (Å²) in [7, 11) is 1.60. The third kappa shape index (κ3) is 2.36. The maximum Gasteiger partial charge on any atom is 0.230 e. The Morgan fingerprint density at radius 2 is 2.31 bits per heavy atom. The van der Waals surface area contributed by atoms with Crippen LogP contribution in [0.2, 0.25) is 0 Å². The zero-order valence-corrected chi connectivity index (χ0v) is 10.5. The number of rotatable bonds is 3. The topological polar surface area (TPSA) is 50.4 Å². The summed E-state index contributed by atoms with van der Waals surface area (Å²) in [4.78, 5) is 11.7. The summed E-state index contributed by atoms with van der Waals surface area (Å²) in [6.07, 6.45) is 0. The minimum Gasteiger partial charge on any atom is -0.497 e. The molecule has 0 atom stereocenters. The Bertz CT molecular complexity index is 405. The van der Waals surface area contributed by atoms with Crippen molar-refractivity contribution in [1.29, 1.82) is 0 Å². The summed E-state index contributed by atoms with van der Waals surface area (Å²) >= 11 is 3.39. The third-order valence-corrected chi connectivity index (χ3v) is 3.28. The molecule has 0 spiro atoms. The fraction of sp³-hybridized carbons (Fsp3) is 0.364. The van der Waals surface area contributed by atoms with Crippen LogP contribution in [0.4, 0.5) is 5.69 Å². The molecular weight excluding hydrogens is 272 g/mol. The Kier molecular flexibility index (Phi) is 3.46. The van der Waals surface area contributed by atoms with E-state index in [1.165, 1.54) is 0 Å². The lowest BCUT2D eigenvalue weighted by Gasteiger charge is -2.26. The molecule has 2 rings (SSSR count). The van der Waals surface area contributed by atoms with Crippen LogP contribution in [0.5, 0.6) is 5.75 Å². The summed E-state index contributed by atoms with van der Waals surface area (Å²) in [6.45, 7) is 1.51. The van der Waals surface area contributed by atoms with Crippen molar-refractivity contribution in [3.63, 3.8) is 0 Å². The Morgan fingerprint density at radius 3 is 2.88 bits per heavy atom. The Balaban J connectivity index is 2.09. The maximum absolute atomic E-state index is 11.7. The van der Waals surface area contributed by atoms with Gasteiger partial charge in [0.25, 0.3) is 0 Å². The number of ether oxygens (including phenoxy) is 1. The molecule has 4 nitrogen and oxygen atoms in total. The van der Waals surface area contributed by atoms with E-state index < -0.39 is 0 Å². The number of hydrogen-bond donors (Lipinski definition) is 2.